The second kappa shape index (κ2) is 18.6. The Kier molecular flexibility index (Phi) is 18.0. The zero-order valence-corrected chi connectivity index (χ0v) is 50.1. The Balaban J connectivity index is 8.72. The van der Waals surface area contributed by atoms with Crippen molar-refractivity contribution in [3.8, 4) is 0 Å². The van der Waals surface area contributed by atoms with Crippen LogP contribution in [0, 0.1) is 65.0 Å². The molecule has 66 heavy (non-hydrogen) atoms. The molecule has 0 saturated carbocycles. The van der Waals surface area contributed by atoms with Crippen LogP contribution < -0.4 is 0 Å². The molecule has 0 aliphatic carbocycles. The highest BCUT2D eigenvalue weighted by Gasteiger charge is 2.61. The van der Waals surface area contributed by atoms with Crippen molar-refractivity contribution in [2.75, 3.05) is 0 Å². The lowest BCUT2D eigenvalue weighted by atomic mass is 9.60. The minimum Gasteiger partial charge on any atom is -0.458 e. The van der Waals surface area contributed by atoms with Crippen LogP contribution in [-0.2, 0) is 38.1 Å². The summed E-state index contributed by atoms with van der Waals surface area (Å²) in [7, 11) is 0. The molecule has 0 heterocycles. The van der Waals surface area contributed by atoms with E-state index in [2.05, 4.69) is 166 Å². The molecule has 0 aromatic rings. The van der Waals surface area contributed by atoms with E-state index in [1.165, 1.54) is 0 Å². The average Bonchev–Trinajstić information content (AvgIpc) is 3.03. The maximum atomic E-state index is 15.8. The largest absolute Gasteiger partial charge is 0.458 e. The van der Waals surface area contributed by atoms with Gasteiger partial charge in [-0.3, -0.25) is 19.2 Å². The standard InChI is InChI=1S/C58H110O8/c1-35-52(28,40(60)64-56(32,45(8,9)10)46(11,12)13)37-54(30,42(62)66-58(34,49(20,21)22)50(23,24)25)38-53(29,41(61)65-57(33,47(14,15)16)48(17,18)19)36-51(26,27)39(59)63-55(31,43(2,3)4)44(5,6)7/h35-38H2,1-34H3. The van der Waals surface area contributed by atoms with Gasteiger partial charge < -0.3 is 18.9 Å². The van der Waals surface area contributed by atoms with Crippen LogP contribution in [0.2, 0.25) is 0 Å². The van der Waals surface area contributed by atoms with Crippen LogP contribution in [-0.4, -0.2) is 46.3 Å². The number of esters is 4. The summed E-state index contributed by atoms with van der Waals surface area (Å²) in [4.78, 5) is 61.5. The van der Waals surface area contributed by atoms with Crippen LogP contribution in [0.3, 0.4) is 0 Å². The Morgan fingerprint density at radius 3 is 0.621 bits per heavy atom. The van der Waals surface area contributed by atoms with Crippen molar-refractivity contribution in [1.29, 1.82) is 0 Å². The van der Waals surface area contributed by atoms with Gasteiger partial charge in [0.2, 0.25) is 0 Å². The Bertz CT molecular complexity index is 1670. The lowest BCUT2D eigenvalue weighted by Crippen LogP contribution is -2.58. The molecule has 3 atom stereocenters. The monoisotopic (exact) mass is 935 g/mol. The van der Waals surface area contributed by atoms with Crippen molar-refractivity contribution >= 4 is 23.9 Å². The van der Waals surface area contributed by atoms with E-state index in [0.717, 1.165) is 0 Å². The Morgan fingerprint density at radius 2 is 0.424 bits per heavy atom. The molecule has 0 saturated heterocycles. The number of ether oxygens (including phenoxy) is 4. The molecule has 0 aliphatic heterocycles. The maximum absolute atomic E-state index is 15.8. The Morgan fingerprint density at radius 1 is 0.258 bits per heavy atom. The quantitative estimate of drug-likeness (QED) is 0.118. The molecule has 0 aromatic carbocycles. The van der Waals surface area contributed by atoms with Gasteiger partial charge in [0.15, 0.2) is 0 Å². The van der Waals surface area contributed by atoms with Crippen molar-refractivity contribution in [3.63, 3.8) is 0 Å². The molecular weight excluding hydrogens is 825 g/mol. The fourth-order valence-electron chi connectivity index (χ4n) is 10.5. The van der Waals surface area contributed by atoms with Gasteiger partial charge in [0.25, 0.3) is 0 Å². The summed E-state index contributed by atoms with van der Waals surface area (Å²) in [5.74, 6) is -1.94. The third kappa shape index (κ3) is 12.6. The number of hydrogen-bond acceptors (Lipinski definition) is 8. The van der Waals surface area contributed by atoms with Gasteiger partial charge in [0.05, 0.1) is 21.7 Å². The van der Waals surface area contributed by atoms with E-state index >= 15 is 14.4 Å². The predicted molar refractivity (Wildman–Crippen MR) is 276 cm³/mol. The van der Waals surface area contributed by atoms with E-state index in [0.29, 0.717) is 6.42 Å². The zero-order chi connectivity index (χ0) is 54.0. The van der Waals surface area contributed by atoms with Crippen molar-refractivity contribution in [2.45, 2.75) is 283 Å². The first-order valence-electron chi connectivity index (χ1n) is 25.1. The highest BCUT2D eigenvalue weighted by molar-refractivity contribution is 5.84. The summed E-state index contributed by atoms with van der Waals surface area (Å²) >= 11 is 0. The SMILES string of the molecule is CCC(C)(CC(C)(CC(C)(CC(C)(C)C(=O)OC(C)(C(C)(C)C)C(C)(C)C)C(=O)OC(C)(C(C)(C)C)C(C)(C)C)C(=O)OC(C)(C(C)(C)C)C(C)(C)C)C(=O)OC(C)(C(C)(C)C)C(C)(C)C. The van der Waals surface area contributed by atoms with Crippen molar-refractivity contribution in [1.82, 2.24) is 0 Å². The normalized spacial score (nSPS) is 17.8. The molecule has 0 aliphatic rings. The third-order valence-corrected chi connectivity index (χ3v) is 17.8. The molecule has 0 bridgehead atoms. The predicted octanol–water partition coefficient (Wildman–Crippen LogP) is 16.2. The summed E-state index contributed by atoms with van der Waals surface area (Å²) in [6.45, 7) is 68.7. The van der Waals surface area contributed by atoms with Crippen LogP contribution in [0.15, 0.2) is 0 Å². The fourth-order valence-corrected chi connectivity index (χ4v) is 10.5. The van der Waals surface area contributed by atoms with Gasteiger partial charge in [-0.1, -0.05) is 173 Å². The van der Waals surface area contributed by atoms with Crippen LogP contribution in [0.5, 0.6) is 0 Å². The lowest BCUT2D eigenvalue weighted by molar-refractivity contribution is -0.217. The number of hydrogen-bond donors (Lipinski definition) is 0. The highest BCUT2D eigenvalue weighted by Crippen LogP contribution is 2.57. The van der Waals surface area contributed by atoms with Crippen molar-refractivity contribution in [3.05, 3.63) is 0 Å². The van der Waals surface area contributed by atoms with Crippen molar-refractivity contribution < 1.29 is 38.1 Å². The number of carbonyl (C=O) groups is 4. The molecule has 8 heteroatoms. The summed E-state index contributed by atoms with van der Waals surface area (Å²) in [6.07, 6.45) is 0.221. The summed E-state index contributed by atoms with van der Waals surface area (Å²) in [5.41, 5.74) is -13.1. The van der Waals surface area contributed by atoms with Crippen molar-refractivity contribution in [2.24, 2.45) is 65.0 Å². The molecule has 0 fully saturated rings. The lowest BCUT2D eigenvalue weighted by Gasteiger charge is -2.54. The molecule has 0 rings (SSSR count). The molecule has 0 spiro atoms. The van der Waals surface area contributed by atoms with E-state index < -0.39 is 111 Å². The molecule has 0 N–H and O–H groups in total. The van der Waals surface area contributed by atoms with Crippen LogP contribution in [0.1, 0.15) is 261 Å². The average molecular weight is 936 g/mol. The minimum atomic E-state index is -1.50. The second-order valence-electron chi connectivity index (χ2n) is 31.1. The topological polar surface area (TPSA) is 105 Å². The van der Waals surface area contributed by atoms with E-state index in [-0.39, 0.29) is 19.3 Å². The van der Waals surface area contributed by atoms with E-state index in [1.807, 2.05) is 69.2 Å². The van der Waals surface area contributed by atoms with Gasteiger partial charge in [-0.05, 0) is 88.0 Å². The summed E-state index contributed by atoms with van der Waals surface area (Å²) < 4.78 is 27.3. The Hall–Kier alpha value is -2.12. The second-order valence-corrected chi connectivity index (χ2v) is 31.1. The van der Waals surface area contributed by atoms with Gasteiger partial charge in [0.1, 0.15) is 22.4 Å². The number of rotatable bonds is 15. The van der Waals surface area contributed by atoms with Gasteiger partial charge in [-0.25, -0.2) is 0 Å². The molecular formula is C58H110O8. The number of carbonyl (C=O) groups excluding carboxylic acids is 4. The van der Waals surface area contributed by atoms with Crippen LogP contribution >= 0.6 is 0 Å². The highest BCUT2D eigenvalue weighted by atomic mass is 16.6. The molecule has 390 valence electrons. The molecule has 3 unspecified atom stereocenters. The Labute approximate surface area is 409 Å². The third-order valence-electron chi connectivity index (χ3n) is 17.8. The van der Waals surface area contributed by atoms with E-state index in [1.54, 1.807) is 0 Å². The minimum absolute atomic E-state index is 0.00142. The molecule has 8 nitrogen and oxygen atoms in total. The maximum Gasteiger partial charge on any atom is 0.312 e. The molecule has 0 radical (unpaired) electrons. The first kappa shape index (κ1) is 63.9. The van der Waals surface area contributed by atoms with Gasteiger partial charge in [-0.15, -0.1) is 0 Å². The van der Waals surface area contributed by atoms with E-state index in [9.17, 15) is 4.79 Å². The first-order chi connectivity index (χ1) is 28.2. The zero-order valence-electron chi connectivity index (χ0n) is 50.1. The van der Waals surface area contributed by atoms with Gasteiger partial charge in [-0.2, -0.15) is 0 Å². The van der Waals surface area contributed by atoms with Gasteiger partial charge >= 0.3 is 23.9 Å². The smallest absolute Gasteiger partial charge is 0.312 e. The van der Waals surface area contributed by atoms with Crippen LogP contribution in [0.4, 0.5) is 0 Å². The van der Waals surface area contributed by atoms with E-state index in [4.69, 9.17) is 18.9 Å². The first-order valence-corrected chi connectivity index (χ1v) is 25.1. The van der Waals surface area contributed by atoms with Gasteiger partial charge in [0, 0.05) is 43.3 Å². The molecule has 0 aromatic heterocycles. The molecule has 0 amide bonds. The van der Waals surface area contributed by atoms with Crippen LogP contribution in [0.25, 0.3) is 0 Å². The fraction of sp³-hybridized carbons (Fsp3) is 0.931. The summed E-state index contributed by atoms with van der Waals surface area (Å²) in [5, 5.41) is 0. The summed E-state index contributed by atoms with van der Waals surface area (Å²) in [6, 6.07) is 0.